The normalized spacial score (nSPS) is 14.3. The number of Topliss-reactive ketones (excluding diaryl/α,β-unsaturated/α-hetero) is 1. The molecule has 0 N–H and O–H groups in total. The number of hydrogen-bond donors (Lipinski definition) is 0. The Balaban J connectivity index is 1.61. The summed E-state index contributed by atoms with van der Waals surface area (Å²) in [6.45, 7) is 32.3. The monoisotopic (exact) mass is 859 g/mol. The Hall–Kier alpha value is -5.30. The molecule has 4 aromatic carbocycles. The van der Waals surface area contributed by atoms with E-state index in [0.29, 0.717) is 0 Å². The van der Waals surface area contributed by atoms with Crippen LogP contribution in [0, 0.1) is 0 Å². The number of carbonyl (C=O) groups is 3. The second kappa shape index (κ2) is 19.4. The molecule has 0 amide bonds. The highest BCUT2D eigenvalue weighted by atomic mass is 16.2. The summed E-state index contributed by atoms with van der Waals surface area (Å²) in [5, 5.41) is 0. The van der Waals surface area contributed by atoms with Crippen molar-refractivity contribution in [1.29, 1.82) is 0 Å². The first kappa shape index (κ1) is 48.2. The fraction of sp³-hybridized carbons (Fsp3) is 0.436. The van der Waals surface area contributed by atoms with Crippen LogP contribution >= 0.6 is 0 Å². The van der Waals surface area contributed by atoms with Gasteiger partial charge in [0.2, 0.25) is 11.4 Å². The van der Waals surface area contributed by atoms with Crippen LogP contribution in [0.3, 0.4) is 0 Å². The molecular weight excluding hydrogens is 786 g/mol. The lowest BCUT2D eigenvalue weighted by molar-refractivity contribution is -0.138. The largest absolute Gasteiger partial charge is 0.469 e. The van der Waals surface area contributed by atoms with E-state index >= 15 is 14.4 Å². The van der Waals surface area contributed by atoms with Gasteiger partial charge in [0.1, 0.15) is 0 Å². The van der Waals surface area contributed by atoms with E-state index in [0.717, 1.165) is 67.3 Å². The van der Waals surface area contributed by atoms with Crippen molar-refractivity contribution in [1.82, 2.24) is 0 Å². The average Bonchev–Trinajstić information content (AvgIpc) is 3.89. The van der Waals surface area contributed by atoms with Gasteiger partial charge in [-0.15, -0.1) is 0 Å². The lowest BCUT2D eigenvalue weighted by Gasteiger charge is -2.36. The number of rotatable bonds is 16. The highest BCUT2D eigenvalue weighted by Crippen LogP contribution is 2.45. The highest BCUT2D eigenvalue weighted by molar-refractivity contribution is 7.18. The van der Waals surface area contributed by atoms with Crippen LogP contribution in [0.1, 0.15) is 203 Å². The number of hydrogen-bond acceptors (Lipinski definition) is 7. The standard InChI is InChI=1S/C55H72B2N4O3/c1-33(2)41-21-17-22-42(34(3)4)49(41)58-29-30-59(50-43(35(5)6)23-18-24-44(50)36(7)8)56(58)54(63)53(62)55(64)57-60(51-45(37(9)10)25-19-26-46(51)38(11)12)31-32-61(57)52-47(39(13)14)27-20-28-48(52)40(15)16/h17-40H,1-16H3. The minimum Gasteiger partial charge on any atom is -0.364 e. The third-order valence-corrected chi connectivity index (χ3v) is 13.1. The van der Waals surface area contributed by atoms with E-state index in [1.54, 1.807) is 0 Å². The molecule has 0 aliphatic carbocycles. The van der Waals surface area contributed by atoms with Gasteiger partial charge >= 0.3 is 14.0 Å². The third-order valence-electron chi connectivity index (χ3n) is 13.1. The lowest BCUT2D eigenvalue weighted by atomic mass is 9.57. The fourth-order valence-electron chi connectivity index (χ4n) is 9.77. The Bertz CT molecular complexity index is 2030. The summed E-state index contributed by atoms with van der Waals surface area (Å²) in [6, 6.07) is 25.3. The molecule has 0 aromatic heterocycles. The van der Waals surface area contributed by atoms with Crippen LogP contribution in [0.15, 0.2) is 97.6 Å². The molecule has 2 heterocycles. The molecule has 0 radical (unpaired) electrons. The molecule has 0 bridgehead atoms. The molecule has 0 unspecified atom stereocenters. The minimum absolute atomic E-state index is 0.123. The molecule has 0 atom stereocenters. The molecule has 0 fully saturated rings. The third kappa shape index (κ3) is 8.89. The summed E-state index contributed by atoms with van der Waals surface area (Å²) < 4.78 is 0. The van der Waals surface area contributed by atoms with Crippen molar-refractivity contribution in [2.75, 3.05) is 19.2 Å². The molecule has 0 saturated heterocycles. The number of benzene rings is 4. The predicted octanol–water partition coefficient (Wildman–Crippen LogP) is 13.7. The maximum Gasteiger partial charge on any atom is 0.469 e. The lowest BCUT2D eigenvalue weighted by Crippen LogP contribution is -2.60. The van der Waals surface area contributed by atoms with Crippen molar-refractivity contribution in [3.63, 3.8) is 0 Å². The van der Waals surface area contributed by atoms with Crippen LogP contribution in [-0.2, 0) is 14.4 Å². The fourth-order valence-corrected chi connectivity index (χ4v) is 9.77. The van der Waals surface area contributed by atoms with Gasteiger partial charge in [-0.25, -0.2) is 0 Å². The summed E-state index contributed by atoms with van der Waals surface area (Å²) in [5.41, 5.74) is 10.7. The maximum absolute atomic E-state index is 15.9. The van der Waals surface area contributed by atoms with Crippen molar-refractivity contribution in [2.24, 2.45) is 0 Å². The Morgan fingerprint density at radius 2 is 0.469 bits per heavy atom. The summed E-state index contributed by atoms with van der Waals surface area (Å²) >= 11 is 0. The molecule has 7 nitrogen and oxygen atoms in total. The first-order valence-corrected chi connectivity index (χ1v) is 23.8. The second-order valence-corrected chi connectivity index (χ2v) is 20.4. The van der Waals surface area contributed by atoms with Crippen LogP contribution in [0.25, 0.3) is 0 Å². The predicted molar refractivity (Wildman–Crippen MR) is 273 cm³/mol. The zero-order chi connectivity index (χ0) is 47.1. The number of carbonyl (C=O) groups excluding carboxylic acids is 3. The van der Waals surface area contributed by atoms with Gasteiger partial charge in [-0.3, -0.25) is 14.4 Å². The van der Waals surface area contributed by atoms with Crippen molar-refractivity contribution >= 4 is 53.9 Å². The molecule has 2 aliphatic heterocycles. The zero-order valence-electron chi connectivity index (χ0n) is 41.5. The molecule has 64 heavy (non-hydrogen) atoms. The van der Waals surface area contributed by atoms with Gasteiger partial charge in [-0.1, -0.05) is 184 Å². The molecule has 9 heteroatoms. The first-order chi connectivity index (χ1) is 30.2. The minimum atomic E-state index is -1.15. The molecular formula is C55H72B2N4O3. The molecule has 2 aliphatic rings. The highest BCUT2D eigenvalue weighted by Gasteiger charge is 2.53. The summed E-state index contributed by atoms with van der Waals surface area (Å²) in [6.07, 6.45) is 7.80. The summed E-state index contributed by atoms with van der Waals surface area (Å²) in [4.78, 5) is 55.3. The Morgan fingerprint density at radius 1 is 0.312 bits per heavy atom. The SMILES string of the molecule is CC(C)c1cccc(C(C)C)c1N1C=CN(c2c(C(C)C)cccc2C(C)C)B1C(=O)C(=O)C(=O)B1N(c2c(C(C)C)cccc2C(C)C)C=CN1c1c(C(C)C)cccc1C(C)C. The Morgan fingerprint density at radius 3 is 0.609 bits per heavy atom. The molecule has 6 rings (SSSR count). The topological polar surface area (TPSA) is 64.2 Å². The van der Waals surface area contributed by atoms with Gasteiger partial charge < -0.3 is 19.2 Å². The van der Waals surface area contributed by atoms with Gasteiger partial charge in [0.15, 0.2) is 0 Å². The number of para-hydroxylation sites is 4. The van der Waals surface area contributed by atoms with Crippen LogP contribution in [0.2, 0.25) is 0 Å². The second-order valence-electron chi connectivity index (χ2n) is 20.4. The van der Waals surface area contributed by atoms with E-state index in [1.807, 2.05) is 44.0 Å². The first-order valence-electron chi connectivity index (χ1n) is 23.8. The summed E-state index contributed by atoms with van der Waals surface area (Å²) in [7, 11) is 0. The van der Waals surface area contributed by atoms with Gasteiger partial charge in [0.05, 0.1) is 0 Å². The maximum atomic E-state index is 15.9. The van der Waals surface area contributed by atoms with Gasteiger partial charge in [-0.05, 0) is 91.9 Å². The number of ketones is 1. The smallest absolute Gasteiger partial charge is 0.364 e. The molecule has 0 spiro atoms. The zero-order valence-corrected chi connectivity index (χ0v) is 41.5. The molecule has 336 valence electrons. The summed E-state index contributed by atoms with van der Waals surface area (Å²) in [5.74, 6) is -0.0375. The number of nitrogens with zero attached hydrogens (tertiary/aromatic N) is 4. The average molecular weight is 859 g/mol. The number of anilines is 4. The van der Waals surface area contributed by atoms with Crippen LogP contribution in [0.5, 0.6) is 0 Å². The van der Waals surface area contributed by atoms with Crippen LogP contribution < -0.4 is 19.2 Å². The Labute approximate surface area is 386 Å². The van der Waals surface area contributed by atoms with E-state index < -0.39 is 31.1 Å². The molecule has 4 aromatic rings. The van der Waals surface area contributed by atoms with Gasteiger partial charge in [0.25, 0.3) is 5.78 Å². The molecule has 0 saturated carbocycles. The van der Waals surface area contributed by atoms with Crippen molar-refractivity contribution < 1.29 is 14.4 Å². The van der Waals surface area contributed by atoms with E-state index in [2.05, 4.69) is 184 Å². The van der Waals surface area contributed by atoms with E-state index in [9.17, 15) is 0 Å². The van der Waals surface area contributed by atoms with Crippen LogP contribution in [-0.4, -0.2) is 31.1 Å². The van der Waals surface area contributed by atoms with E-state index in [-0.39, 0.29) is 47.3 Å². The van der Waals surface area contributed by atoms with Crippen LogP contribution in [0.4, 0.5) is 22.7 Å². The Kier molecular flexibility index (Phi) is 14.6. The van der Waals surface area contributed by atoms with Gasteiger partial charge in [-0.2, -0.15) is 0 Å². The van der Waals surface area contributed by atoms with E-state index in [4.69, 9.17) is 0 Å². The van der Waals surface area contributed by atoms with Crippen molar-refractivity contribution in [3.8, 4) is 0 Å². The van der Waals surface area contributed by atoms with Gasteiger partial charge in [0, 0.05) is 47.5 Å². The van der Waals surface area contributed by atoms with Crippen molar-refractivity contribution in [3.05, 3.63) is 142 Å². The quantitative estimate of drug-likeness (QED) is 0.0632. The van der Waals surface area contributed by atoms with E-state index in [1.165, 1.54) is 0 Å². The van der Waals surface area contributed by atoms with Crippen molar-refractivity contribution in [2.45, 2.75) is 158 Å².